The summed E-state index contributed by atoms with van der Waals surface area (Å²) in [4.78, 5) is 18.0. The Kier molecular flexibility index (Phi) is 6.54. The highest BCUT2D eigenvalue weighted by atomic mass is 32.2. The topological polar surface area (TPSA) is 95.0 Å². The number of benzene rings is 1. The average Bonchev–Trinajstić information content (AvgIpc) is 2.68. The van der Waals surface area contributed by atoms with E-state index in [4.69, 9.17) is 14.2 Å². The Bertz CT molecular complexity index is 1090. The summed E-state index contributed by atoms with van der Waals surface area (Å²) in [5, 5.41) is 0. The van der Waals surface area contributed by atoms with Crippen molar-refractivity contribution >= 4 is 15.7 Å². The minimum Gasteiger partial charge on any atom is -0.494 e. The Balaban J connectivity index is 1.91. The number of carbonyl (C=O) groups is 1. The van der Waals surface area contributed by atoms with E-state index in [-0.39, 0.29) is 29.8 Å². The Hall–Kier alpha value is -3.02. The predicted molar refractivity (Wildman–Crippen MR) is 107 cm³/mol. The summed E-state index contributed by atoms with van der Waals surface area (Å²) >= 11 is 0. The van der Waals surface area contributed by atoms with E-state index in [1.54, 1.807) is 24.5 Å². The Morgan fingerprint density at radius 2 is 1.81 bits per heavy atom. The van der Waals surface area contributed by atoms with Gasteiger partial charge in [0.15, 0.2) is 21.7 Å². The molecular formula is C20H21F3N2O6S. The van der Waals surface area contributed by atoms with Crippen molar-refractivity contribution in [3.8, 4) is 17.2 Å². The maximum absolute atomic E-state index is 13.2. The van der Waals surface area contributed by atoms with Crippen LogP contribution >= 0.6 is 0 Å². The van der Waals surface area contributed by atoms with Gasteiger partial charge in [0.1, 0.15) is 28.1 Å². The van der Waals surface area contributed by atoms with Gasteiger partial charge >= 0.3 is 6.18 Å². The van der Waals surface area contributed by atoms with Gasteiger partial charge in [-0.15, -0.1) is 0 Å². The molecule has 2 heterocycles. The molecule has 2 aromatic rings. The fourth-order valence-electron chi connectivity index (χ4n) is 3.04. The lowest BCUT2D eigenvalue weighted by Crippen LogP contribution is -2.56. The van der Waals surface area contributed by atoms with Crippen molar-refractivity contribution in [2.45, 2.75) is 30.2 Å². The number of ether oxygens (including phenoxy) is 3. The molecule has 0 aliphatic carbocycles. The van der Waals surface area contributed by atoms with E-state index >= 15 is 0 Å². The summed E-state index contributed by atoms with van der Waals surface area (Å²) in [7, 11) is -2.72. The van der Waals surface area contributed by atoms with E-state index in [0.717, 1.165) is 32.4 Å². The first kappa shape index (κ1) is 23.6. The van der Waals surface area contributed by atoms with Crippen molar-refractivity contribution in [3.63, 3.8) is 0 Å². The number of carbonyl (C=O) groups excluding carboxylic acids is 1. The SMILES string of the molecule is COc1c(S(C)(=O)=O)ccc(O[C@@H](C)C(F)(F)F)c1C(=O)N1CC(Oc2ccncc2)C1. The zero-order valence-electron chi connectivity index (χ0n) is 17.4. The number of rotatable bonds is 7. The van der Waals surface area contributed by atoms with Gasteiger partial charge in [0.25, 0.3) is 5.91 Å². The predicted octanol–water partition coefficient (Wildman–Crippen LogP) is 2.73. The molecule has 0 radical (unpaired) electrons. The molecule has 0 unspecified atom stereocenters. The van der Waals surface area contributed by atoms with E-state index in [1.807, 2.05) is 0 Å². The first-order valence-electron chi connectivity index (χ1n) is 9.42. The molecule has 1 aromatic heterocycles. The highest BCUT2D eigenvalue weighted by Crippen LogP contribution is 2.38. The first-order chi connectivity index (χ1) is 14.9. The van der Waals surface area contributed by atoms with Gasteiger partial charge < -0.3 is 19.1 Å². The standard InChI is InChI=1S/C20H21F3N2O6S/c1-12(20(21,22)23)30-15-4-5-16(32(3,27)28)18(29-2)17(15)19(26)25-10-14(11-25)31-13-6-8-24-9-7-13/h4-9,12,14H,10-11H2,1-3H3/t12-/m0/s1. The number of amides is 1. The first-order valence-corrected chi connectivity index (χ1v) is 11.3. The fraction of sp³-hybridized carbons (Fsp3) is 0.400. The number of alkyl halides is 3. The van der Waals surface area contributed by atoms with Gasteiger partial charge in [0, 0.05) is 18.6 Å². The molecule has 1 atom stereocenters. The fourth-order valence-corrected chi connectivity index (χ4v) is 3.88. The number of methoxy groups -OCH3 is 1. The van der Waals surface area contributed by atoms with E-state index in [2.05, 4.69) is 4.98 Å². The van der Waals surface area contributed by atoms with Crippen molar-refractivity contribution in [2.24, 2.45) is 0 Å². The van der Waals surface area contributed by atoms with Crippen molar-refractivity contribution < 1.29 is 40.6 Å². The van der Waals surface area contributed by atoms with Crippen molar-refractivity contribution in [1.82, 2.24) is 9.88 Å². The molecule has 1 saturated heterocycles. The molecular weight excluding hydrogens is 453 g/mol. The van der Waals surface area contributed by atoms with Crippen molar-refractivity contribution in [1.29, 1.82) is 0 Å². The molecule has 12 heteroatoms. The lowest BCUT2D eigenvalue weighted by molar-refractivity contribution is -0.189. The molecule has 174 valence electrons. The lowest BCUT2D eigenvalue weighted by atomic mass is 10.1. The highest BCUT2D eigenvalue weighted by Gasteiger charge is 2.41. The second kappa shape index (κ2) is 8.85. The number of hydrogen-bond donors (Lipinski definition) is 0. The summed E-state index contributed by atoms with van der Waals surface area (Å²) in [6, 6.07) is 5.37. The Labute approximate surface area is 182 Å². The summed E-state index contributed by atoms with van der Waals surface area (Å²) in [5.74, 6) is -0.978. The minimum atomic E-state index is -4.69. The maximum Gasteiger partial charge on any atom is 0.425 e. The normalized spacial score (nSPS) is 15.6. The molecule has 0 spiro atoms. The van der Waals surface area contributed by atoms with Crippen LogP contribution in [0.2, 0.25) is 0 Å². The second-order valence-corrected chi connectivity index (χ2v) is 9.16. The smallest absolute Gasteiger partial charge is 0.425 e. The molecule has 1 aliphatic rings. The van der Waals surface area contributed by atoms with Crippen LogP contribution in [0.4, 0.5) is 13.2 Å². The van der Waals surface area contributed by atoms with Crippen LogP contribution in [0.5, 0.6) is 17.2 Å². The van der Waals surface area contributed by atoms with Gasteiger partial charge in [0.05, 0.1) is 20.2 Å². The summed E-state index contributed by atoms with van der Waals surface area (Å²) < 4.78 is 79.3. The zero-order chi connectivity index (χ0) is 23.7. The van der Waals surface area contributed by atoms with E-state index in [1.165, 1.54) is 4.90 Å². The van der Waals surface area contributed by atoms with Crippen LogP contribution in [0.1, 0.15) is 17.3 Å². The molecule has 1 aliphatic heterocycles. The van der Waals surface area contributed by atoms with Crippen LogP contribution < -0.4 is 14.2 Å². The third-order valence-corrected chi connectivity index (χ3v) is 5.87. The lowest BCUT2D eigenvalue weighted by Gasteiger charge is -2.39. The average molecular weight is 474 g/mol. The number of sulfone groups is 1. The molecule has 0 N–H and O–H groups in total. The highest BCUT2D eigenvalue weighted by molar-refractivity contribution is 7.90. The van der Waals surface area contributed by atoms with E-state index in [0.29, 0.717) is 5.75 Å². The largest absolute Gasteiger partial charge is 0.494 e. The molecule has 8 nitrogen and oxygen atoms in total. The van der Waals surface area contributed by atoms with Crippen LogP contribution in [-0.2, 0) is 9.84 Å². The number of likely N-dealkylation sites (tertiary alicyclic amines) is 1. The molecule has 32 heavy (non-hydrogen) atoms. The number of halogens is 3. The van der Waals surface area contributed by atoms with Crippen LogP contribution in [0.3, 0.4) is 0 Å². The molecule has 3 rings (SSSR count). The van der Waals surface area contributed by atoms with Gasteiger partial charge in [-0.3, -0.25) is 9.78 Å². The Morgan fingerprint density at radius 3 is 2.34 bits per heavy atom. The molecule has 0 saturated carbocycles. The minimum absolute atomic E-state index is 0.141. The van der Waals surface area contributed by atoms with Crippen LogP contribution in [0.15, 0.2) is 41.6 Å². The van der Waals surface area contributed by atoms with Crippen molar-refractivity contribution in [3.05, 3.63) is 42.2 Å². The number of nitrogens with zero attached hydrogens (tertiary/aromatic N) is 2. The Morgan fingerprint density at radius 1 is 1.19 bits per heavy atom. The van der Waals surface area contributed by atoms with Gasteiger partial charge in [-0.1, -0.05) is 0 Å². The van der Waals surface area contributed by atoms with E-state index in [9.17, 15) is 26.4 Å². The summed E-state index contributed by atoms with van der Waals surface area (Å²) in [5.41, 5.74) is -0.395. The number of pyridine rings is 1. The summed E-state index contributed by atoms with van der Waals surface area (Å²) in [6.45, 7) is 1.07. The second-order valence-electron chi connectivity index (χ2n) is 7.18. The zero-order valence-corrected chi connectivity index (χ0v) is 18.2. The van der Waals surface area contributed by atoms with Crippen molar-refractivity contribution in [2.75, 3.05) is 26.5 Å². The van der Waals surface area contributed by atoms with Gasteiger partial charge in [-0.25, -0.2) is 8.42 Å². The van der Waals surface area contributed by atoms with Gasteiger partial charge in [0.2, 0.25) is 0 Å². The molecule has 1 amide bonds. The van der Waals surface area contributed by atoms with Gasteiger partial charge in [-0.05, 0) is 31.2 Å². The third-order valence-electron chi connectivity index (χ3n) is 4.75. The van der Waals surface area contributed by atoms with Crippen LogP contribution in [0, 0.1) is 0 Å². The quantitative estimate of drug-likeness (QED) is 0.609. The maximum atomic E-state index is 13.2. The molecule has 1 fully saturated rings. The van der Waals surface area contributed by atoms with Crippen LogP contribution in [-0.4, -0.2) is 69.0 Å². The molecule has 1 aromatic carbocycles. The van der Waals surface area contributed by atoms with Gasteiger partial charge in [-0.2, -0.15) is 13.2 Å². The van der Waals surface area contributed by atoms with E-state index < -0.39 is 39.3 Å². The third kappa shape index (κ3) is 5.06. The molecule has 0 bridgehead atoms. The number of aromatic nitrogens is 1. The van der Waals surface area contributed by atoms with Crippen LogP contribution in [0.25, 0.3) is 0 Å². The summed E-state index contributed by atoms with van der Waals surface area (Å²) in [6.07, 6.45) is -3.27. The monoisotopic (exact) mass is 474 g/mol. The number of hydrogen-bond acceptors (Lipinski definition) is 7.